The average Bonchev–Trinajstić information content (AvgIpc) is 2.77. The Hall–Kier alpha value is -0.600. The SMILES string of the molecule is C#C[C@@]1(O)[C@H](O)CC2C3C(CC[C@@]21C)[C@@]1(C)CC[C@H](O)C[C@H]1C[C@@H]3O. The molecule has 0 aromatic rings. The van der Waals surface area contributed by atoms with Gasteiger partial charge in [-0.05, 0) is 74.0 Å². The van der Waals surface area contributed by atoms with Crippen LogP contribution in [0, 0.1) is 46.8 Å². The van der Waals surface area contributed by atoms with Crippen LogP contribution >= 0.6 is 0 Å². The quantitative estimate of drug-likeness (QED) is 0.502. The fourth-order valence-electron chi connectivity index (χ4n) is 7.49. The molecule has 10 atom stereocenters. The van der Waals surface area contributed by atoms with Crippen molar-refractivity contribution in [3.63, 3.8) is 0 Å². The minimum absolute atomic E-state index is 0.0434. The van der Waals surface area contributed by atoms with Crippen LogP contribution < -0.4 is 0 Å². The Morgan fingerprint density at radius 2 is 1.68 bits per heavy atom. The van der Waals surface area contributed by atoms with Gasteiger partial charge >= 0.3 is 0 Å². The predicted octanol–water partition coefficient (Wildman–Crippen LogP) is 1.70. The molecule has 0 spiro atoms. The maximum Gasteiger partial charge on any atom is 0.156 e. The van der Waals surface area contributed by atoms with Gasteiger partial charge in [0, 0.05) is 5.41 Å². The highest BCUT2D eigenvalue weighted by atomic mass is 16.3. The molecule has 4 heteroatoms. The first-order chi connectivity index (χ1) is 11.7. The lowest BCUT2D eigenvalue weighted by Crippen LogP contribution is -2.60. The largest absolute Gasteiger partial charge is 0.393 e. The zero-order valence-corrected chi connectivity index (χ0v) is 15.4. The lowest BCUT2D eigenvalue weighted by Gasteiger charge is -2.62. The lowest BCUT2D eigenvalue weighted by molar-refractivity contribution is -0.186. The molecule has 0 saturated heterocycles. The molecule has 25 heavy (non-hydrogen) atoms. The molecule has 0 radical (unpaired) electrons. The molecule has 3 unspecified atom stereocenters. The maximum absolute atomic E-state index is 11.0. The van der Waals surface area contributed by atoms with Gasteiger partial charge in [0.15, 0.2) is 5.60 Å². The van der Waals surface area contributed by atoms with E-state index in [0.29, 0.717) is 24.7 Å². The van der Waals surface area contributed by atoms with E-state index in [1.807, 2.05) is 6.92 Å². The second-order valence-electron chi connectivity index (χ2n) is 9.84. The van der Waals surface area contributed by atoms with Gasteiger partial charge < -0.3 is 20.4 Å². The molecule has 0 aromatic carbocycles. The first-order valence-electron chi connectivity index (χ1n) is 9.91. The Labute approximate surface area is 150 Å². The topological polar surface area (TPSA) is 80.9 Å². The van der Waals surface area contributed by atoms with E-state index in [-0.39, 0.29) is 23.4 Å². The van der Waals surface area contributed by atoms with Crippen LogP contribution in [0.5, 0.6) is 0 Å². The Bertz CT molecular complexity index is 599. The van der Waals surface area contributed by atoms with Crippen molar-refractivity contribution in [2.24, 2.45) is 34.5 Å². The summed E-state index contributed by atoms with van der Waals surface area (Å²) in [7, 11) is 0. The van der Waals surface area contributed by atoms with Crippen LogP contribution in [-0.2, 0) is 0 Å². The van der Waals surface area contributed by atoms with Crippen LogP contribution in [0.4, 0.5) is 0 Å². The summed E-state index contributed by atoms with van der Waals surface area (Å²) in [6.07, 6.45) is 9.57. The molecule has 4 rings (SSSR count). The van der Waals surface area contributed by atoms with Gasteiger partial charge in [0.2, 0.25) is 0 Å². The van der Waals surface area contributed by atoms with Gasteiger partial charge in [-0.2, -0.15) is 0 Å². The normalized spacial score (nSPS) is 60.9. The van der Waals surface area contributed by atoms with Crippen molar-refractivity contribution >= 4 is 0 Å². The second-order valence-corrected chi connectivity index (χ2v) is 9.84. The Balaban J connectivity index is 1.72. The second kappa shape index (κ2) is 5.45. The molecule has 140 valence electrons. The smallest absolute Gasteiger partial charge is 0.156 e. The molecular formula is C21H32O4. The molecule has 0 heterocycles. The summed E-state index contributed by atoms with van der Waals surface area (Å²) >= 11 is 0. The summed E-state index contributed by atoms with van der Waals surface area (Å²) in [6.45, 7) is 4.35. The van der Waals surface area contributed by atoms with Crippen molar-refractivity contribution in [3.05, 3.63) is 0 Å². The van der Waals surface area contributed by atoms with E-state index >= 15 is 0 Å². The summed E-state index contributed by atoms with van der Waals surface area (Å²) in [4.78, 5) is 0. The van der Waals surface area contributed by atoms with Gasteiger partial charge in [0.1, 0.15) is 0 Å². The third-order valence-corrected chi connectivity index (χ3v) is 9.10. The van der Waals surface area contributed by atoms with Gasteiger partial charge in [-0.3, -0.25) is 0 Å². The maximum atomic E-state index is 11.0. The first kappa shape index (κ1) is 17.8. The molecule has 4 nitrogen and oxygen atoms in total. The number of hydrogen-bond donors (Lipinski definition) is 4. The minimum atomic E-state index is -1.50. The fraction of sp³-hybridized carbons (Fsp3) is 0.905. The van der Waals surface area contributed by atoms with E-state index in [4.69, 9.17) is 6.42 Å². The lowest BCUT2D eigenvalue weighted by atomic mass is 9.43. The van der Waals surface area contributed by atoms with E-state index in [1.165, 1.54) is 0 Å². The van der Waals surface area contributed by atoms with Crippen LogP contribution in [-0.4, -0.2) is 44.3 Å². The van der Waals surface area contributed by atoms with E-state index in [0.717, 1.165) is 32.1 Å². The van der Waals surface area contributed by atoms with Crippen LogP contribution in [0.2, 0.25) is 0 Å². The highest BCUT2D eigenvalue weighted by Crippen LogP contribution is 2.68. The number of aliphatic hydroxyl groups excluding tert-OH is 3. The van der Waals surface area contributed by atoms with Crippen LogP contribution in [0.25, 0.3) is 0 Å². The van der Waals surface area contributed by atoms with Crippen molar-refractivity contribution in [3.8, 4) is 12.3 Å². The van der Waals surface area contributed by atoms with Gasteiger partial charge in [-0.15, -0.1) is 6.42 Å². The third kappa shape index (κ3) is 2.10. The fourth-order valence-corrected chi connectivity index (χ4v) is 7.49. The Morgan fingerprint density at radius 3 is 2.36 bits per heavy atom. The zero-order chi connectivity index (χ0) is 18.2. The molecule has 4 saturated carbocycles. The number of terminal acetylenes is 1. The standard InChI is InChI=1S/C21H32O4/c1-4-21(25)17(24)11-15-18-14(6-8-20(15,21)3)19(2)7-5-13(22)9-12(19)10-16(18)23/h1,12-18,22-25H,5-11H2,2-3H3/t12-,13-,14?,15?,16-,17+,18?,19-,20-,21+/m0/s1. The van der Waals surface area contributed by atoms with Gasteiger partial charge in [-0.25, -0.2) is 0 Å². The molecule has 0 bridgehead atoms. The minimum Gasteiger partial charge on any atom is -0.393 e. The van der Waals surface area contributed by atoms with E-state index in [9.17, 15) is 20.4 Å². The predicted molar refractivity (Wildman–Crippen MR) is 94.3 cm³/mol. The highest BCUT2D eigenvalue weighted by molar-refractivity contribution is 5.27. The van der Waals surface area contributed by atoms with Gasteiger partial charge in [-0.1, -0.05) is 19.8 Å². The highest BCUT2D eigenvalue weighted by Gasteiger charge is 2.68. The molecule has 0 aromatic heterocycles. The molecule has 0 amide bonds. The molecule has 4 aliphatic carbocycles. The summed E-state index contributed by atoms with van der Waals surface area (Å²) in [5.74, 6) is 3.35. The summed E-state index contributed by atoms with van der Waals surface area (Å²) in [5.41, 5.74) is -1.91. The van der Waals surface area contributed by atoms with Crippen LogP contribution in [0.1, 0.15) is 58.8 Å². The third-order valence-electron chi connectivity index (χ3n) is 9.10. The van der Waals surface area contributed by atoms with Gasteiger partial charge in [0.25, 0.3) is 0 Å². The Morgan fingerprint density at radius 1 is 0.960 bits per heavy atom. The number of aliphatic hydroxyl groups is 4. The van der Waals surface area contributed by atoms with Crippen molar-refractivity contribution in [1.29, 1.82) is 0 Å². The average molecular weight is 348 g/mol. The van der Waals surface area contributed by atoms with Crippen LogP contribution in [0.3, 0.4) is 0 Å². The van der Waals surface area contributed by atoms with E-state index < -0.39 is 23.2 Å². The number of rotatable bonds is 0. The van der Waals surface area contributed by atoms with Crippen molar-refractivity contribution in [2.75, 3.05) is 0 Å². The van der Waals surface area contributed by atoms with E-state index in [1.54, 1.807) is 0 Å². The monoisotopic (exact) mass is 348 g/mol. The van der Waals surface area contributed by atoms with Crippen molar-refractivity contribution in [1.82, 2.24) is 0 Å². The van der Waals surface area contributed by atoms with Crippen molar-refractivity contribution < 1.29 is 20.4 Å². The number of fused-ring (bicyclic) bond motifs is 5. The molecular weight excluding hydrogens is 316 g/mol. The summed E-state index contributed by atoms with van der Waals surface area (Å²) < 4.78 is 0. The summed E-state index contributed by atoms with van der Waals surface area (Å²) in [6, 6.07) is 0. The zero-order valence-electron chi connectivity index (χ0n) is 15.4. The molecule has 4 N–H and O–H groups in total. The molecule has 0 aliphatic heterocycles. The van der Waals surface area contributed by atoms with E-state index in [2.05, 4.69) is 12.8 Å². The van der Waals surface area contributed by atoms with Crippen molar-refractivity contribution in [2.45, 2.75) is 82.7 Å². The number of hydrogen-bond acceptors (Lipinski definition) is 4. The summed E-state index contributed by atoms with van der Waals surface area (Å²) in [5, 5.41) is 42.7. The molecule has 4 aliphatic rings. The Kier molecular flexibility index (Phi) is 3.88. The van der Waals surface area contributed by atoms with Crippen LogP contribution in [0.15, 0.2) is 0 Å². The molecule has 4 fully saturated rings. The first-order valence-corrected chi connectivity index (χ1v) is 9.91. The van der Waals surface area contributed by atoms with Gasteiger partial charge in [0.05, 0.1) is 18.3 Å².